The molecule has 5 rings (SSSR count). The predicted molar refractivity (Wildman–Crippen MR) is 118 cm³/mol. The standard InChI is InChI=1S/C24H25N3O6/c1-31-18-7-3-2-6-16(18)27-22(28)14-17(23(27)29)25-10-12-26(13-11-25)24(30)21-15-32-19-8-4-5-9-20(19)33-21/h2-9,17,21H,10-15H2,1H3/t17-,21-/m1/s1. The normalized spacial score (nSPS) is 23.1. The number of imide groups is 1. The van der Waals surface area contributed by atoms with E-state index < -0.39 is 12.1 Å². The van der Waals surface area contributed by atoms with Gasteiger partial charge in [-0.1, -0.05) is 24.3 Å². The first kappa shape index (κ1) is 21.3. The van der Waals surface area contributed by atoms with Crippen molar-refractivity contribution < 1.29 is 28.6 Å². The molecule has 3 aliphatic heterocycles. The lowest BCUT2D eigenvalue weighted by molar-refractivity contribution is -0.143. The molecule has 3 heterocycles. The molecule has 0 aliphatic carbocycles. The molecular weight excluding hydrogens is 426 g/mol. The third kappa shape index (κ3) is 3.89. The molecule has 0 radical (unpaired) electrons. The summed E-state index contributed by atoms with van der Waals surface area (Å²) in [6.45, 7) is 2.07. The number of carbonyl (C=O) groups excluding carboxylic acids is 3. The summed E-state index contributed by atoms with van der Waals surface area (Å²) in [6.07, 6.45) is -0.580. The van der Waals surface area contributed by atoms with E-state index in [1.165, 1.54) is 12.0 Å². The molecule has 3 aliphatic rings. The van der Waals surface area contributed by atoms with Crippen LogP contribution in [0.25, 0.3) is 0 Å². The van der Waals surface area contributed by atoms with Crippen LogP contribution in [0.4, 0.5) is 5.69 Å². The lowest BCUT2D eigenvalue weighted by atomic mass is 10.1. The maximum absolute atomic E-state index is 13.2. The highest BCUT2D eigenvalue weighted by molar-refractivity contribution is 6.23. The van der Waals surface area contributed by atoms with Gasteiger partial charge in [0.05, 0.1) is 25.3 Å². The molecule has 0 saturated carbocycles. The maximum Gasteiger partial charge on any atom is 0.267 e. The van der Waals surface area contributed by atoms with E-state index in [1.54, 1.807) is 35.2 Å². The molecule has 0 aromatic heterocycles. The molecule has 2 atom stereocenters. The van der Waals surface area contributed by atoms with Crippen molar-refractivity contribution in [2.75, 3.05) is 44.8 Å². The average Bonchev–Trinajstić information content (AvgIpc) is 3.16. The van der Waals surface area contributed by atoms with Crippen LogP contribution in [0.5, 0.6) is 17.2 Å². The molecule has 33 heavy (non-hydrogen) atoms. The quantitative estimate of drug-likeness (QED) is 0.648. The Kier molecular flexibility index (Phi) is 5.63. The molecule has 0 spiro atoms. The lowest BCUT2D eigenvalue weighted by Gasteiger charge is -2.38. The summed E-state index contributed by atoms with van der Waals surface area (Å²) in [7, 11) is 1.51. The molecule has 2 saturated heterocycles. The summed E-state index contributed by atoms with van der Waals surface area (Å²) in [5, 5.41) is 0. The second kappa shape index (κ2) is 8.74. The van der Waals surface area contributed by atoms with Gasteiger partial charge < -0.3 is 19.1 Å². The fraction of sp³-hybridized carbons (Fsp3) is 0.375. The van der Waals surface area contributed by atoms with Gasteiger partial charge in [-0.15, -0.1) is 0 Å². The molecule has 0 unspecified atom stereocenters. The zero-order valence-corrected chi connectivity index (χ0v) is 18.3. The number of hydrogen-bond donors (Lipinski definition) is 0. The van der Waals surface area contributed by atoms with Gasteiger partial charge in [-0.05, 0) is 24.3 Å². The third-order valence-corrected chi connectivity index (χ3v) is 6.30. The molecule has 2 aromatic carbocycles. The summed E-state index contributed by atoms with van der Waals surface area (Å²) < 4.78 is 16.8. The van der Waals surface area contributed by atoms with Crippen LogP contribution in [0, 0.1) is 0 Å². The van der Waals surface area contributed by atoms with Gasteiger partial charge in [-0.25, -0.2) is 4.90 Å². The number of para-hydroxylation sites is 4. The number of nitrogens with zero attached hydrogens (tertiary/aromatic N) is 3. The van der Waals surface area contributed by atoms with Crippen molar-refractivity contribution in [3.8, 4) is 17.2 Å². The van der Waals surface area contributed by atoms with Crippen molar-refractivity contribution in [3.05, 3.63) is 48.5 Å². The highest BCUT2D eigenvalue weighted by Gasteiger charge is 2.45. The minimum absolute atomic E-state index is 0.112. The minimum atomic E-state index is -0.692. The van der Waals surface area contributed by atoms with E-state index in [1.807, 2.05) is 23.1 Å². The zero-order chi connectivity index (χ0) is 22.9. The minimum Gasteiger partial charge on any atom is -0.495 e. The second-order valence-corrected chi connectivity index (χ2v) is 8.18. The second-order valence-electron chi connectivity index (χ2n) is 8.18. The first-order chi connectivity index (χ1) is 16.1. The molecule has 2 fully saturated rings. The Bertz CT molecular complexity index is 1080. The molecule has 2 aromatic rings. The molecule has 9 nitrogen and oxygen atoms in total. The predicted octanol–water partition coefficient (Wildman–Crippen LogP) is 1.31. The largest absolute Gasteiger partial charge is 0.495 e. The third-order valence-electron chi connectivity index (χ3n) is 6.30. The van der Waals surface area contributed by atoms with E-state index in [0.29, 0.717) is 49.1 Å². The van der Waals surface area contributed by atoms with Crippen molar-refractivity contribution in [1.29, 1.82) is 0 Å². The van der Waals surface area contributed by atoms with Crippen LogP contribution in [0.3, 0.4) is 0 Å². The van der Waals surface area contributed by atoms with Crippen LogP contribution in [-0.4, -0.2) is 79.6 Å². The topological polar surface area (TPSA) is 88.6 Å². The monoisotopic (exact) mass is 451 g/mol. The Morgan fingerprint density at radius 2 is 1.67 bits per heavy atom. The Hall–Kier alpha value is -3.59. The van der Waals surface area contributed by atoms with E-state index in [4.69, 9.17) is 14.2 Å². The first-order valence-electron chi connectivity index (χ1n) is 11.0. The summed E-state index contributed by atoms with van der Waals surface area (Å²) in [6, 6.07) is 13.7. The number of piperazine rings is 1. The molecule has 0 N–H and O–H groups in total. The molecular formula is C24H25N3O6. The number of methoxy groups -OCH3 is 1. The van der Waals surface area contributed by atoms with Gasteiger partial charge in [0.2, 0.25) is 12.0 Å². The van der Waals surface area contributed by atoms with Crippen LogP contribution in [0.1, 0.15) is 6.42 Å². The number of carbonyl (C=O) groups is 3. The summed E-state index contributed by atoms with van der Waals surface area (Å²) in [4.78, 5) is 43.8. The molecule has 172 valence electrons. The van der Waals surface area contributed by atoms with Crippen LogP contribution in [0.15, 0.2) is 48.5 Å². The van der Waals surface area contributed by atoms with E-state index in [-0.39, 0.29) is 30.7 Å². The molecule has 9 heteroatoms. The number of anilines is 1. The fourth-order valence-corrected chi connectivity index (χ4v) is 4.57. The van der Waals surface area contributed by atoms with Crippen LogP contribution >= 0.6 is 0 Å². The average molecular weight is 451 g/mol. The van der Waals surface area contributed by atoms with Crippen molar-refractivity contribution in [2.24, 2.45) is 0 Å². The maximum atomic E-state index is 13.2. The molecule has 3 amide bonds. The van der Waals surface area contributed by atoms with Crippen molar-refractivity contribution in [2.45, 2.75) is 18.6 Å². The van der Waals surface area contributed by atoms with Gasteiger partial charge in [0.1, 0.15) is 12.4 Å². The molecule has 0 bridgehead atoms. The zero-order valence-electron chi connectivity index (χ0n) is 18.3. The van der Waals surface area contributed by atoms with Gasteiger partial charge in [0.15, 0.2) is 11.5 Å². The number of ether oxygens (including phenoxy) is 3. The van der Waals surface area contributed by atoms with Crippen LogP contribution in [-0.2, 0) is 14.4 Å². The highest BCUT2D eigenvalue weighted by atomic mass is 16.6. The lowest BCUT2D eigenvalue weighted by Crippen LogP contribution is -2.57. The van der Waals surface area contributed by atoms with Crippen LogP contribution in [0.2, 0.25) is 0 Å². The van der Waals surface area contributed by atoms with E-state index >= 15 is 0 Å². The van der Waals surface area contributed by atoms with Gasteiger partial charge in [0.25, 0.3) is 11.8 Å². The number of amides is 3. The van der Waals surface area contributed by atoms with Gasteiger partial charge in [-0.2, -0.15) is 0 Å². The van der Waals surface area contributed by atoms with Crippen molar-refractivity contribution in [1.82, 2.24) is 9.80 Å². The SMILES string of the molecule is COc1ccccc1N1C(=O)C[C@@H](N2CCN(C(=O)[C@H]3COc4ccccc4O3)CC2)C1=O. The van der Waals surface area contributed by atoms with E-state index in [2.05, 4.69) is 0 Å². The number of rotatable bonds is 4. The van der Waals surface area contributed by atoms with Gasteiger partial charge in [0, 0.05) is 26.2 Å². The van der Waals surface area contributed by atoms with E-state index in [0.717, 1.165) is 0 Å². The Balaban J connectivity index is 1.21. The van der Waals surface area contributed by atoms with E-state index in [9.17, 15) is 14.4 Å². The Morgan fingerprint density at radius 3 is 2.42 bits per heavy atom. The highest BCUT2D eigenvalue weighted by Crippen LogP contribution is 2.34. The summed E-state index contributed by atoms with van der Waals surface area (Å²) in [5.41, 5.74) is 0.459. The van der Waals surface area contributed by atoms with Gasteiger partial charge >= 0.3 is 0 Å². The van der Waals surface area contributed by atoms with Crippen molar-refractivity contribution >= 4 is 23.4 Å². The first-order valence-corrected chi connectivity index (χ1v) is 11.0. The Morgan fingerprint density at radius 1 is 0.970 bits per heavy atom. The smallest absolute Gasteiger partial charge is 0.267 e. The van der Waals surface area contributed by atoms with Crippen molar-refractivity contribution in [3.63, 3.8) is 0 Å². The Labute approximate surface area is 191 Å². The number of benzene rings is 2. The number of hydrogen-bond acceptors (Lipinski definition) is 7. The summed E-state index contributed by atoms with van der Waals surface area (Å²) in [5.74, 6) is 1.03. The van der Waals surface area contributed by atoms with Gasteiger partial charge in [-0.3, -0.25) is 19.3 Å². The number of fused-ring (bicyclic) bond motifs is 1. The summed E-state index contributed by atoms with van der Waals surface area (Å²) >= 11 is 0. The van der Waals surface area contributed by atoms with Crippen LogP contribution < -0.4 is 19.1 Å². The fourth-order valence-electron chi connectivity index (χ4n) is 4.57.